The van der Waals surface area contributed by atoms with Gasteiger partial charge in [-0.2, -0.15) is 5.26 Å². The van der Waals surface area contributed by atoms with Crippen molar-refractivity contribution in [1.29, 1.82) is 5.26 Å². The van der Waals surface area contributed by atoms with E-state index in [1.54, 1.807) is 24.3 Å². The van der Waals surface area contributed by atoms with Crippen LogP contribution in [0, 0.1) is 10.7 Å². The number of thioether (sulfide) groups is 1. The van der Waals surface area contributed by atoms with Gasteiger partial charge in [0.05, 0.1) is 5.56 Å². The lowest BCUT2D eigenvalue weighted by atomic mass is 10.2. The molecule has 4 heteroatoms. The van der Waals surface area contributed by atoms with Crippen molar-refractivity contribution in [3.63, 3.8) is 0 Å². The zero-order chi connectivity index (χ0) is 8.97. The molecule has 2 N–H and O–H groups in total. The van der Waals surface area contributed by atoms with Crippen LogP contribution in [-0.2, 0) is 0 Å². The first-order valence-electron chi connectivity index (χ1n) is 3.20. The van der Waals surface area contributed by atoms with Gasteiger partial charge in [0.25, 0.3) is 0 Å². The third-order valence-electron chi connectivity index (χ3n) is 1.31. The standard InChI is InChI=1S/C8H6N2OS/c9-5-12-7-4-2-1-3-6(7)8(10)11/h1-4H,(H2,10,11). The van der Waals surface area contributed by atoms with Crippen molar-refractivity contribution in [2.45, 2.75) is 4.90 Å². The molecular formula is C8H6N2OS. The molecule has 1 rings (SSSR count). The summed E-state index contributed by atoms with van der Waals surface area (Å²) in [7, 11) is 0. The number of rotatable bonds is 2. The summed E-state index contributed by atoms with van der Waals surface area (Å²) in [6.07, 6.45) is 0. The number of thiocyanates is 1. The maximum Gasteiger partial charge on any atom is 0.249 e. The molecule has 1 amide bonds. The van der Waals surface area contributed by atoms with Gasteiger partial charge in [0.2, 0.25) is 5.91 Å². The number of primary amides is 1. The topological polar surface area (TPSA) is 66.9 Å². The zero-order valence-electron chi connectivity index (χ0n) is 6.15. The number of nitriles is 1. The normalized spacial score (nSPS) is 8.92. The van der Waals surface area contributed by atoms with E-state index >= 15 is 0 Å². The number of hydrogen-bond acceptors (Lipinski definition) is 3. The summed E-state index contributed by atoms with van der Waals surface area (Å²) in [5.41, 5.74) is 5.48. The number of amides is 1. The Balaban J connectivity index is 3.10. The minimum absolute atomic E-state index is 0.393. The van der Waals surface area contributed by atoms with Crippen LogP contribution in [0.4, 0.5) is 0 Å². The molecular weight excluding hydrogens is 172 g/mol. The third-order valence-corrected chi connectivity index (χ3v) is 1.98. The molecule has 12 heavy (non-hydrogen) atoms. The molecule has 0 bridgehead atoms. The molecule has 0 spiro atoms. The highest BCUT2D eigenvalue weighted by atomic mass is 32.2. The average Bonchev–Trinajstić information content (AvgIpc) is 2.05. The minimum atomic E-state index is -0.506. The van der Waals surface area contributed by atoms with Gasteiger partial charge in [-0.25, -0.2) is 0 Å². The van der Waals surface area contributed by atoms with Gasteiger partial charge in [-0.3, -0.25) is 4.79 Å². The second-order valence-corrected chi connectivity index (χ2v) is 2.88. The van der Waals surface area contributed by atoms with Gasteiger partial charge in [-0.05, 0) is 23.9 Å². The summed E-state index contributed by atoms with van der Waals surface area (Å²) in [5.74, 6) is -0.506. The van der Waals surface area contributed by atoms with Crippen molar-refractivity contribution in [2.24, 2.45) is 5.73 Å². The molecule has 1 aromatic carbocycles. The van der Waals surface area contributed by atoms with Crippen molar-refractivity contribution < 1.29 is 4.79 Å². The highest BCUT2D eigenvalue weighted by Gasteiger charge is 2.06. The predicted octanol–water partition coefficient (Wildman–Crippen LogP) is 1.36. The molecule has 60 valence electrons. The van der Waals surface area contributed by atoms with E-state index in [-0.39, 0.29) is 0 Å². The number of nitrogens with zero attached hydrogens (tertiary/aromatic N) is 1. The number of hydrogen-bond donors (Lipinski definition) is 1. The molecule has 0 aliphatic carbocycles. The largest absolute Gasteiger partial charge is 0.366 e. The summed E-state index contributed by atoms with van der Waals surface area (Å²) in [6, 6.07) is 6.75. The Morgan fingerprint density at radius 1 is 1.50 bits per heavy atom. The van der Waals surface area contributed by atoms with Crippen LogP contribution >= 0.6 is 11.8 Å². The van der Waals surface area contributed by atoms with Crippen LogP contribution in [0.25, 0.3) is 0 Å². The fraction of sp³-hybridized carbons (Fsp3) is 0. The number of nitrogens with two attached hydrogens (primary N) is 1. The molecule has 0 heterocycles. The molecule has 3 nitrogen and oxygen atoms in total. The van der Waals surface area contributed by atoms with Crippen LogP contribution in [0.2, 0.25) is 0 Å². The van der Waals surface area contributed by atoms with Crippen LogP contribution < -0.4 is 5.73 Å². The lowest BCUT2D eigenvalue weighted by molar-refractivity contribution is 0.0997. The first-order valence-corrected chi connectivity index (χ1v) is 4.02. The van der Waals surface area contributed by atoms with E-state index in [1.807, 2.05) is 5.40 Å². The van der Waals surface area contributed by atoms with Crippen LogP contribution in [0.1, 0.15) is 10.4 Å². The van der Waals surface area contributed by atoms with E-state index in [0.29, 0.717) is 10.5 Å². The maximum atomic E-state index is 10.8. The average molecular weight is 178 g/mol. The molecule has 0 aliphatic heterocycles. The molecule has 0 unspecified atom stereocenters. The second-order valence-electron chi connectivity index (χ2n) is 2.05. The van der Waals surface area contributed by atoms with Gasteiger partial charge in [-0.15, -0.1) is 0 Å². The summed E-state index contributed by atoms with van der Waals surface area (Å²) >= 11 is 0.935. The van der Waals surface area contributed by atoms with Crippen molar-refractivity contribution in [2.75, 3.05) is 0 Å². The lowest BCUT2D eigenvalue weighted by Gasteiger charge is -1.99. The van der Waals surface area contributed by atoms with Crippen molar-refractivity contribution in [3.8, 4) is 5.40 Å². The van der Waals surface area contributed by atoms with Crippen molar-refractivity contribution in [1.82, 2.24) is 0 Å². The quantitative estimate of drug-likeness (QED) is 0.549. The van der Waals surface area contributed by atoms with E-state index in [4.69, 9.17) is 11.0 Å². The minimum Gasteiger partial charge on any atom is -0.366 e. The van der Waals surface area contributed by atoms with Crippen molar-refractivity contribution >= 4 is 17.7 Å². The van der Waals surface area contributed by atoms with Gasteiger partial charge in [0, 0.05) is 4.90 Å². The van der Waals surface area contributed by atoms with Crippen LogP contribution in [0.15, 0.2) is 29.2 Å². The zero-order valence-corrected chi connectivity index (χ0v) is 6.97. The first-order chi connectivity index (χ1) is 5.75. The third kappa shape index (κ3) is 1.77. The van der Waals surface area contributed by atoms with Gasteiger partial charge in [-0.1, -0.05) is 12.1 Å². The fourth-order valence-corrected chi connectivity index (χ4v) is 1.33. The molecule has 0 atom stereocenters. The smallest absolute Gasteiger partial charge is 0.249 e. The Labute approximate surface area is 74.2 Å². The SMILES string of the molecule is N#CSc1ccccc1C(N)=O. The lowest BCUT2D eigenvalue weighted by Crippen LogP contribution is -2.11. The molecule has 0 saturated heterocycles. The molecule has 0 fully saturated rings. The van der Waals surface area contributed by atoms with E-state index in [1.165, 1.54) is 0 Å². The summed E-state index contributed by atoms with van der Waals surface area (Å²) in [6.45, 7) is 0. The van der Waals surface area contributed by atoms with Gasteiger partial charge in [0.1, 0.15) is 5.40 Å². The first kappa shape index (κ1) is 8.62. The number of carbonyl (C=O) groups excluding carboxylic acids is 1. The summed E-state index contributed by atoms with van der Waals surface area (Å²) in [4.78, 5) is 11.4. The molecule has 0 radical (unpaired) electrons. The van der Waals surface area contributed by atoms with E-state index in [2.05, 4.69) is 0 Å². The van der Waals surface area contributed by atoms with E-state index in [9.17, 15) is 4.79 Å². The van der Waals surface area contributed by atoms with Gasteiger partial charge in [0.15, 0.2) is 0 Å². The van der Waals surface area contributed by atoms with Crippen molar-refractivity contribution in [3.05, 3.63) is 29.8 Å². The summed E-state index contributed by atoms with van der Waals surface area (Å²) in [5, 5.41) is 10.3. The van der Waals surface area contributed by atoms with Crippen LogP contribution in [0.3, 0.4) is 0 Å². The van der Waals surface area contributed by atoms with E-state index < -0.39 is 5.91 Å². The molecule has 0 saturated carbocycles. The highest BCUT2D eigenvalue weighted by Crippen LogP contribution is 2.20. The summed E-state index contributed by atoms with van der Waals surface area (Å²) < 4.78 is 0. The van der Waals surface area contributed by atoms with E-state index in [0.717, 1.165) is 11.8 Å². The Morgan fingerprint density at radius 3 is 2.75 bits per heavy atom. The Hall–Kier alpha value is -1.47. The van der Waals surface area contributed by atoms with Crippen LogP contribution in [-0.4, -0.2) is 5.91 Å². The molecule has 0 aliphatic rings. The molecule has 1 aromatic rings. The number of carbonyl (C=O) groups is 1. The predicted molar refractivity (Wildman–Crippen MR) is 46.4 cm³/mol. The maximum absolute atomic E-state index is 10.8. The monoisotopic (exact) mass is 178 g/mol. The Morgan fingerprint density at radius 2 is 2.17 bits per heavy atom. The van der Waals surface area contributed by atoms with Crippen LogP contribution in [0.5, 0.6) is 0 Å². The Kier molecular flexibility index (Phi) is 2.72. The van der Waals surface area contributed by atoms with Gasteiger partial charge >= 0.3 is 0 Å². The Bertz CT molecular complexity index is 343. The second kappa shape index (κ2) is 3.79. The fourth-order valence-electron chi connectivity index (χ4n) is 0.808. The highest BCUT2D eigenvalue weighted by molar-refractivity contribution is 8.03. The molecule has 0 aromatic heterocycles. The van der Waals surface area contributed by atoms with Gasteiger partial charge < -0.3 is 5.73 Å². The number of benzene rings is 1.